The van der Waals surface area contributed by atoms with Crippen LogP contribution in [0.25, 0.3) is 0 Å². The summed E-state index contributed by atoms with van der Waals surface area (Å²) in [5.74, 6) is 0.855. The molecule has 1 N–H and O–H groups in total. The number of anilines is 3. The average Bonchev–Trinajstić information content (AvgIpc) is 2.75. The zero-order valence-corrected chi connectivity index (χ0v) is 16.2. The van der Waals surface area contributed by atoms with Gasteiger partial charge in [0.25, 0.3) is 5.91 Å². The van der Waals surface area contributed by atoms with E-state index in [9.17, 15) is 4.79 Å². The molecule has 0 aliphatic carbocycles. The predicted molar refractivity (Wildman–Crippen MR) is 111 cm³/mol. The Morgan fingerprint density at radius 3 is 2.39 bits per heavy atom. The van der Waals surface area contributed by atoms with E-state index < -0.39 is 0 Å². The Bertz CT molecular complexity index is 928. The lowest BCUT2D eigenvalue weighted by Gasteiger charge is -2.23. The summed E-state index contributed by atoms with van der Waals surface area (Å²) in [7, 11) is 3.12. The largest absolute Gasteiger partial charge is 0.497 e. The monoisotopic (exact) mass is 377 g/mol. The zero-order chi connectivity index (χ0) is 19.9. The third-order valence-electron chi connectivity index (χ3n) is 4.33. The highest BCUT2D eigenvalue weighted by Gasteiger charge is 2.14. The first-order valence-electron chi connectivity index (χ1n) is 8.98. The smallest absolute Gasteiger partial charge is 0.274 e. The summed E-state index contributed by atoms with van der Waals surface area (Å²) in [6.45, 7) is 2.86. The minimum Gasteiger partial charge on any atom is -0.497 e. The molecule has 0 spiro atoms. The Labute approximate surface area is 164 Å². The molecule has 0 radical (unpaired) electrons. The Morgan fingerprint density at radius 1 is 1.00 bits per heavy atom. The third kappa shape index (κ3) is 4.23. The van der Waals surface area contributed by atoms with Crippen LogP contribution in [0.1, 0.15) is 17.4 Å². The molecular formula is C22H23N3O3. The van der Waals surface area contributed by atoms with Gasteiger partial charge in [-0.2, -0.15) is 0 Å². The van der Waals surface area contributed by atoms with Gasteiger partial charge >= 0.3 is 0 Å². The van der Waals surface area contributed by atoms with Crippen LogP contribution in [-0.4, -0.2) is 31.7 Å². The normalized spacial score (nSPS) is 10.2. The van der Waals surface area contributed by atoms with Gasteiger partial charge < -0.3 is 19.7 Å². The van der Waals surface area contributed by atoms with Crippen LogP contribution in [-0.2, 0) is 0 Å². The second-order valence-electron chi connectivity index (χ2n) is 6.00. The molecule has 0 fully saturated rings. The molecule has 3 aromatic rings. The van der Waals surface area contributed by atoms with Crippen molar-refractivity contribution in [3.05, 3.63) is 72.6 Å². The van der Waals surface area contributed by atoms with Gasteiger partial charge in [0.05, 0.1) is 31.8 Å². The van der Waals surface area contributed by atoms with Crippen molar-refractivity contribution in [2.45, 2.75) is 6.92 Å². The maximum Gasteiger partial charge on any atom is 0.274 e. The van der Waals surface area contributed by atoms with Crippen LogP contribution in [0.2, 0.25) is 0 Å². The van der Waals surface area contributed by atoms with E-state index in [-0.39, 0.29) is 5.91 Å². The van der Waals surface area contributed by atoms with Gasteiger partial charge in [-0.1, -0.05) is 18.2 Å². The molecule has 0 unspecified atom stereocenters. The number of nitrogens with one attached hydrogen (secondary N) is 1. The van der Waals surface area contributed by atoms with Crippen molar-refractivity contribution < 1.29 is 14.3 Å². The van der Waals surface area contributed by atoms with Crippen LogP contribution >= 0.6 is 0 Å². The molecule has 6 heteroatoms. The molecule has 0 bridgehead atoms. The van der Waals surface area contributed by atoms with Crippen LogP contribution in [0, 0.1) is 0 Å². The van der Waals surface area contributed by atoms with Crippen molar-refractivity contribution in [3.63, 3.8) is 0 Å². The topological polar surface area (TPSA) is 63.7 Å². The van der Waals surface area contributed by atoms with Crippen molar-refractivity contribution in [2.24, 2.45) is 0 Å². The molecule has 0 aliphatic rings. The van der Waals surface area contributed by atoms with Gasteiger partial charge in [-0.25, -0.2) is 4.98 Å². The van der Waals surface area contributed by atoms with Gasteiger partial charge in [0.2, 0.25) is 0 Å². The van der Waals surface area contributed by atoms with Crippen LogP contribution in [0.4, 0.5) is 17.1 Å². The summed E-state index contributed by atoms with van der Waals surface area (Å²) in [6.07, 6.45) is 1.70. The second kappa shape index (κ2) is 8.90. The Kier molecular flexibility index (Phi) is 6.11. The summed E-state index contributed by atoms with van der Waals surface area (Å²) in [6, 6.07) is 18.9. The van der Waals surface area contributed by atoms with E-state index in [1.165, 1.54) is 0 Å². The Morgan fingerprint density at radius 2 is 1.79 bits per heavy atom. The predicted octanol–water partition coefficient (Wildman–Crippen LogP) is 4.51. The van der Waals surface area contributed by atoms with E-state index in [2.05, 4.69) is 22.1 Å². The summed E-state index contributed by atoms with van der Waals surface area (Å²) < 4.78 is 10.5. The summed E-state index contributed by atoms with van der Waals surface area (Å²) in [4.78, 5) is 19.1. The lowest BCUT2D eigenvalue weighted by Crippen LogP contribution is -2.18. The molecule has 0 atom stereocenters. The number of ether oxygens (including phenoxy) is 2. The van der Waals surface area contributed by atoms with E-state index in [0.717, 1.165) is 17.9 Å². The molecule has 0 aliphatic heterocycles. The van der Waals surface area contributed by atoms with E-state index in [0.29, 0.717) is 22.9 Å². The zero-order valence-electron chi connectivity index (χ0n) is 16.2. The van der Waals surface area contributed by atoms with E-state index in [1.807, 2.05) is 36.4 Å². The average molecular weight is 377 g/mol. The number of rotatable bonds is 7. The molecule has 3 rings (SSSR count). The summed E-state index contributed by atoms with van der Waals surface area (Å²) in [5, 5.41) is 2.83. The van der Waals surface area contributed by atoms with Gasteiger partial charge in [0.1, 0.15) is 17.2 Å². The number of carbonyl (C=O) groups is 1. The number of amides is 1. The van der Waals surface area contributed by atoms with Gasteiger partial charge in [0.15, 0.2) is 0 Å². The molecule has 0 saturated carbocycles. The van der Waals surface area contributed by atoms with Gasteiger partial charge in [0, 0.05) is 18.3 Å². The molecule has 144 valence electrons. The maximum atomic E-state index is 12.6. The molecule has 1 heterocycles. The number of para-hydroxylation sites is 1. The first kappa shape index (κ1) is 19.2. The number of benzene rings is 2. The molecule has 2 aromatic carbocycles. The first-order valence-corrected chi connectivity index (χ1v) is 8.98. The van der Waals surface area contributed by atoms with Crippen LogP contribution in [0.3, 0.4) is 0 Å². The van der Waals surface area contributed by atoms with Crippen molar-refractivity contribution in [2.75, 3.05) is 31.0 Å². The lowest BCUT2D eigenvalue weighted by atomic mass is 10.2. The number of methoxy groups -OCH3 is 2. The van der Waals surface area contributed by atoms with E-state index in [4.69, 9.17) is 9.47 Å². The highest BCUT2D eigenvalue weighted by Crippen LogP contribution is 2.29. The van der Waals surface area contributed by atoms with Crippen LogP contribution < -0.4 is 19.7 Å². The number of aromatic nitrogens is 1. The molecule has 28 heavy (non-hydrogen) atoms. The van der Waals surface area contributed by atoms with Gasteiger partial charge in [-0.3, -0.25) is 4.79 Å². The second-order valence-corrected chi connectivity index (χ2v) is 6.00. The summed E-state index contributed by atoms with van der Waals surface area (Å²) >= 11 is 0. The molecule has 1 aromatic heterocycles. The standard InChI is InChI=1S/C22H23N3O3/c1-4-25(16-8-6-5-7-9-16)17-10-12-19(23-15-17)22(26)24-20-14-18(27-2)11-13-21(20)28-3/h5-15H,4H2,1-3H3,(H,24,26). The van der Waals surface area contributed by atoms with Crippen molar-refractivity contribution in [1.82, 2.24) is 4.98 Å². The highest BCUT2D eigenvalue weighted by molar-refractivity contribution is 6.04. The van der Waals surface area contributed by atoms with Gasteiger partial charge in [-0.15, -0.1) is 0 Å². The third-order valence-corrected chi connectivity index (χ3v) is 4.33. The van der Waals surface area contributed by atoms with Crippen LogP contribution in [0.5, 0.6) is 11.5 Å². The molecular weight excluding hydrogens is 354 g/mol. The fourth-order valence-electron chi connectivity index (χ4n) is 2.90. The minimum atomic E-state index is -0.319. The van der Waals surface area contributed by atoms with E-state index >= 15 is 0 Å². The fraction of sp³-hybridized carbons (Fsp3) is 0.182. The van der Waals surface area contributed by atoms with E-state index in [1.54, 1.807) is 44.7 Å². The molecule has 0 saturated heterocycles. The number of nitrogens with zero attached hydrogens (tertiary/aromatic N) is 2. The van der Waals surface area contributed by atoms with Gasteiger partial charge in [-0.05, 0) is 43.3 Å². The molecule has 1 amide bonds. The van der Waals surface area contributed by atoms with Crippen molar-refractivity contribution >= 4 is 23.0 Å². The number of hydrogen-bond donors (Lipinski definition) is 1. The highest BCUT2D eigenvalue weighted by atomic mass is 16.5. The SMILES string of the molecule is CCN(c1ccccc1)c1ccc(C(=O)Nc2cc(OC)ccc2OC)nc1. The van der Waals surface area contributed by atoms with Crippen LogP contribution in [0.15, 0.2) is 66.9 Å². The summed E-state index contributed by atoms with van der Waals surface area (Å²) in [5.41, 5.74) is 2.84. The molecule has 6 nitrogen and oxygen atoms in total. The minimum absolute atomic E-state index is 0.317. The van der Waals surface area contributed by atoms with Crippen molar-refractivity contribution in [3.8, 4) is 11.5 Å². The Balaban J connectivity index is 1.79. The number of pyridine rings is 1. The quantitative estimate of drug-likeness (QED) is 0.656. The Hall–Kier alpha value is -3.54. The number of carbonyl (C=O) groups excluding carboxylic acids is 1. The number of hydrogen-bond acceptors (Lipinski definition) is 5. The fourth-order valence-corrected chi connectivity index (χ4v) is 2.90. The van der Waals surface area contributed by atoms with Crippen molar-refractivity contribution in [1.29, 1.82) is 0 Å². The lowest BCUT2D eigenvalue weighted by molar-refractivity contribution is 0.102. The first-order chi connectivity index (χ1) is 13.7. The maximum absolute atomic E-state index is 12.6.